The fourth-order valence-corrected chi connectivity index (χ4v) is 6.24. The number of nitrogen functional groups attached to an aromatic ring is 1. The maximum Gasteiger partial charge on any atom is 0.329 e. The normalized spacial score (nSPS) is 22.2. The highest BCUT2D eigenvalue weighted by Crippen LogP contribution is 2.33. The minimum Gasteiger partial charge on any atom is -0.458 e. The summed E-state index contributed by atoms with van der Waals surface area (Å²) in [6.45, 7) is 7.33. The van der Waals surface area contributed by atoms with Gasteiger partial charge in [-0.2, -0.15) is 0 Å². The Morgan fingerprint density at radius 3 is 2.32 bits per heavy atom. The molecule has 1 aliphatic carbocycles. The van der Waals surface area contributed by atoms with E-state index in [0.717, 1.165) is 30.6 Å². The topological polar surface area (TPSA) is 137 Å². The lowest BCUT2D eigenvalue weighted by Gasteiger charge is -2.45. The molecule has 3 aliphatic rings. The number of carbonyl (C=O) groups is 4. The second-order valence-corrected chi connectivity index (χ2v) is 13.2. The number of piperazine rings is 2. The Balaban J connectivity index is 1.29. The third-order valence-electron chi connectivity index (χ3n) is 8.50. The second-order valence-electron chi connectivity index (χ2n) is 12.8. The van der Waals surface area contributed by atoms with Crippen LogP contribution in [0.5, 0.6) is 0 Å². The Morgan fingerprint density at radius 1 is 1.00 bits per heavy atom. The Hall–Kier alpha value is -3.67. The van der Waals surface area contributed by atoms with Crippen molar-refractivity contribution in [2.45, 2.75) is 57.7 Å². The highest BCUT2D eigenvalue weighted by molar-refractivity contribution is 6.41. The number of hydrogen-bond acceptors (Lipinski definition) is 8. The van der Waals surface area contributed by atoms with Gasteiger partial charge in [0.25, 0.3) is 0 Å². The number of esters is 1. The molecular weight excluding hydrogens is 586 g/mol. The van der Waals surface area contributed by atoms with Crippen LogP contribution in [-0.4, -0.2) is 95.6 Å². The number of ether oxygens (including phenoxy) is 1. The number of hydrogen-bond donors (Lipinski definition) is 2. The van der Waals surface area contributed by atoms with E-state index in [4.69, 9.17) is 22.1 Å². The van der Waals surface area contributed by atoms with Crippen molar-refractivity contribution in [3.05, 3.63) is 53.1 Å². The largest absolute Gasteiger partial charge is 0.458 e. The number of nitrogens with two attached hydrogens (primary N) is 1. The second kappa shape index (κ2) is 12.7. The summed E-state index contributed by atoms with van der Waals surface area (Å²) < 4.78 is 5.68. The third-order valence-corrected chi connectivity index (χ3v) is 8.74. The lowest BCUT2D eigenvalue weighted by molar-refractivity contribution is -0.166. The first-order valence-electron chi connectivity index (χ1n) is 15.0. The van der Waals surface area contributed by atoms with Gasteiger partial charge in [0.1, 0.15) is 11.6 Å². The van der Waals surface area contributed by atoms with Crippen molar-refractivity contribution in [1.82, 2.24) is 9.80 Å². The number of halogens is 1. The Morgan fingerprint density at radius 2 is 1.68 bits per heavy atom. The van der Waals surface area contributed by atoms with Gasteiger partial charge in [0.05, 0.1) is 17.9 Å². The monoisotopic (exact) mass is 625 g/mol. The summed E-state index contributed by atoms with van der Waals surface area (Å²) in [6.07, 6.45) is 1.98. The van der Waals surface area contributed by atoms with Gasteiger partial charge in [-0.3, -0.25) is 19.3 Å². The van der Waals surface area contributed by atoms with Gasteiger partial charge in [-0.25, -0.2) is 4.79 Å². The molecule has 0 spiro atoms. The molecule has 0 bridgehead atoms. The maximum absolute atomic E-state index is 13.4. The average molecular weight is 626 g/mol. The van der Waals surface area contributed by atoms with E-state index in [1.54, 1.807) is 37.8 Å². The minimum absolute atomic E-state index is 0.0189. The van der Waals surface area contributed by atoms with Gasteiger partial charge in [-0.1, -0.05) is 23.7 Å². The van der Waals surface area contributed by atoms with Crippen molar-refractivity contribution in [3.63, 3.8) is 0 Å². The SMILES string of the molecule is CC(C)(C)OC(=O)[C@H](Cc1ccc(N2CCN(C3CC(CO)C3)CC2=O)cc1)N1CCN(c2cc(Cl)ccc2N)C(=O)C1=O. The van der Waals surface area contributed by atoms with Crippen LogP contribution >= 0.6 is 11.6 Å². The van der Waals surface area contributed by atoms with Crippen LogP contribution in [0.4, 0.5) is 17.1 Å². The zero-order valence-electron chi connectivity index (χ0n) is 25.4. The highest BCUT2D eigenvalue weighted by Gasteiger charge is 2.42. The lowest BCUT2D eigenvalue weighted by Crippen LogP contribution is -2.60. The number of benzene rings is 2. The summed E-state index contributed by atoms with van der Waals surface area (Å²) in [7, 11) is 0. The molecule has 2 aliphatic heterocycles. The molecule has 2 aromatic rings. The van der Waals surface area contributed by atoms with E-state index in [9.17, 15) is 24.3 Å². The molecule has 1 atom stereocenters. The molecule has 2 saturated heterocycles. The molecule has 1 saturated carbocycles. The van der Waals surface area contributed by atoms with Crippen molar-refractivity contribution in [2.24, 2.45) is 5.92 Å². The van der Waals surface area contributed by atoms with Crippen LogP contribution < -0.4 is 15.5 Å². The van der Waals surface area contributed by atoms with Crippen LogP contribution in [0.3, 0.4) is 0 Å². The van der Waals surface area contributed by atoms with Gasteiger partial charge in [-0.15, -0.1) is 0 Å². The van der Waals surface area contributed by atoms with Crippen molar-refractivity contribution < 1.29 is 29.0 Å². The van der Waals surface area contributed by atoms with Gasteiger partial charge in [0.15, 0.2) is 0 Å². The number of anilines is 3. The van der Waals surface area contributed by atoms with Crippen LogP contribution in [0.2, 0.25) is 5.02 Å². The van der Waals surface area contributed by atoms with Crippen LogP contribution in [-0.2, 0) is 30.3 Å². The van der Waals surface area contributed by atoms with Crippen molar-refractivity contribution in [2.75, 3.05) is 54.9 Å². The van der Waals surface area contributed by atoms with E-state index in [2.05, 4.69) is 4.90 Å². The van der Waals surface area contributed by atoms with Crippen LogP contribution in [0.1, 0.15) is 39.2 Å². The number of aliphatic hydroxyl groups is 1. The van der Waals surface area contributed by atoms with Gasteiger partial charge >= 0.3 is 17.8 Å². The van der Waals surface area contributed by atoms with Crippen LogP contribution in [0, 0.1) is 5.92 Å². The van der Waals surface area contributed by atoms with E-state index < -0.39 is 29.4 Å². The molecule has 2 aromatic carbocycles. The quantitative estimate of drug-likeness (QED) is 0.259. The van der Waals surface area contributed by atoms with Crippen LogP contribution in [0.15, 0.2) is 42.5 Å². The molecular formula is C32H40ClN5O6. The third kappa shape index (κ3) is 6.85. The van der Waals surface area contributed by atoms with Crippen molar-refractivity contribution in [3.8, 4) is 0 Å². The lowest BCUT2D eigenvalue weighted by atomic mass is 9.79. The van der Waals surface area contributed by atoms with Crippen LogP contribution in [0.25, 0.3) is 0 Å². The molecule has 3 N–H and O–H groups in total. The first-order valence-corrected chi connectivity index (χ1v) is 15.4. The molecule has 3 amide bonds. The standard InChI is InChI=1S/C32H40ClN5O6/c1-32(2,3)44-31(43)27(38-13-12-37(29(41)30(38)42)26-17-22(33)6-9-25(26)34)16-20-4-7-23(8-5-20)36-11-10-35(18-28(36)40)24-14-21(15-24)19-39/h4-9,17,21,24,27,39H,10-16,18-19,34H2,1-3H3/t21?,24?,27-/m0/s1. The van der Waals surface area contributed by atoms with E-state index in [-0.39, 0.29) is 32.0 Å². The predicted molar refractivity (Wildman–Crippen MR) is 167 cm³/mol. The fourth-order valence-electron chi connectivity index (χ4n) is 6.08. The Kier molecular flexibility index (Phi) is 9.20. The number of carbonyl (C=O) groups excluding carboxylic acids is 4. The first-order chi connectivity index (χ1) is 20.8. The number of rotatable bonds is 8. The van der Waals surface area contributed by atoms with Gasteiger partial charge in [0, 0.05) is 56.0 Å². The predicted octanol–water partition coefficient (Wildman–Crippen LogP) is 2.47. The molecule has 44 heavy (non-hydrogen) atoms. The Labute approximate surface area is 262 Å². The molecule has 11 nitrogen and oxygen atoms in total. The summed E-state index contributed by atoms with van der Waals surface area (Å²) in [5.74, 6) is -1.89. The van der Waals surface area contributed by atoms with Gasteiger partial charge < -0.3 is 30.3 Å². The summed E-state index contributed by atoms with van der Waals surface area (Å²) in [6, 6.07) is 11.4. The number of nitrogens with zero attached hydrogens (tertiary/aromatic N) is 4. The summed E-state index contributed by atoms with van der Waals surface area (Å²) >= 11 is 6.12. The molecule has 0 aromatic heterocycles. The summed E-state index contributed by atoms with van der Waals surface area (Å²) in [5.41, 5.74) is 7.43. The zero-order chi connectivity index (χ0) is 31.8. The fraction of sp³-hybridized carbons (Fsp3) is 0.500. The summed E-state index contributed by atoms with van der Waals surface area (Å²) in [5, 5.41) is 9.69. The zero-order valence-corrected chi connectivity index (χ0v) is 26.1. The molecule has 0 unspecified atom stereocenters. The highest BCUT2D eigenvalue weighted by atomic mass is 35.5. The number of aliphatic hydroxyl groups excluding tert-OH is 1. The van der Waals surface area contributed by atoms with E-state index >= 15 is 0 Å². The van der Waals surface area contributed by atoms with Crippen molar-refractivity contribution >= 4 is 52.4 Å². The smallest absolute Gasteiger partial charge is 0.329 e. The maximum atomic E-state index is 13.4. The Bertz CT molecular complexity index is 1420. The van der Waals surface area contributed by atoms with E-state index in [0.29, 0.717) is 41.4 Å². The average Bonchev–Trinajstić information content (AvgIpc) is 2.94. The van der Waals surface area contributed by atoms with E-state index in [1.165, 1.54) is 15.9 Å². The van der Waals surface area contributed by atoms with Gasteiger partial charge in [0.2, 0.25) is 5.91 Å². The first kappa shape index (κ1) is 31.7. The minimum atomic E-state index is -1.04. The molecule has 5 rings (SSSR count). The molecule has 236 valence electrons. The molecule has 12 heteroatoms. The van der Waals surface area contributed by atoms with E-state index in [1.807, 2.05) is 24.3 Å². The molecule has 2 heterocycles. The summed E-state index contributed by atoms with van der Waals surface area (Å²) in [4.78, 5) is 59.6. The number of amides is 3. The van der Waals surface area contributed by atoms with Crippen molar-refractivity contribution in [1.29, 1.82) is 0 Å². The van der Waals surface area contributed by atoms with Gasteiger partial charge in [-0.05, 0) is 75.4 Å². The molecule has 0 radical (unpaired) electrons. The molecule has 3 fully saturated rings.